The number of ether oxygens (including phenoxy) is 1. The van der Waals surface area contributed by atoms with E-state index < -0.39 is 5.60 Å². The van der Waals surface area contributed by atoms with Crippen LogP contribution in [0.5, 0.6) is 5.75 Å². The second kappa shape index (κ2) is 10.7. The molecule has 4 aromatic rings. The number of rotatable bonds is 2. The Balaban J connectivity index is 0.00000156. The maximum Gasteiger partial charge on any atom is 0.249 e. The van der Waals surface area contributed by atoms with Crippen molar-refractivity contribution in [3.63, 3.8) is 0 Å². The Morgan fingerprint density at radius 1 is 1.11 bits per heavy atom. The molecule has 1 atom stereocenters. The van der Waals surface area contributed by atoms with Crippen LogP contribution in [0.4, 0.5) is 0 Å². The van der Waals surface area contributed by atoms with Gasteiger partial charge in [0.1, 0.15) is 18.0 Å². The Labute approximate surface area is 216 Å². The van der Waals surface area contributed by atoms with Crippen LogP contribution in [-0.4, -0.2) is 16.3 Å². The van der Waals surface area contributed by atoms with Crippen LogP contribution in [0.25, 0.3) is 22.0 Å². The van der Waals surface area contributed by atoms with E-state index in [1.807, 2.05) is 70.2 Å². The van der Waals surface area contributed by atoms with E-state index in [1.54, 1.807) is 36.7 Å². The summed E-state index contributed by atoms with van der Waals surface area (Å²) in [7, 11) is 0. The second-order valence-electron chi connectivity index (χ2n) is 8.54. The Morgan fingerprint density at radius 2 is 1.86 bits per heavy atom. The number of H-pyrrole nitrogens is 1. The molecule has 1 aromatic heterocycles. The van der Waals surface area contributed by atoms with Crippen molar-refractivity contribution in [3.8, 4) is 22.9 Å². The largest absolute Gasteiger partial charge is 0.489 e. The molecule has 1 aliphatic rings. The van der Waals surface area contributed by atoms with Gasteiger partial charge in [0.2, 0.25) is 5.56 Å². The minimum atomic E-state index is -1.54. The number of nitrogens with zero attached hydrogens (tertiary/aromatic N) is 2. The van der Waals surface area contributed by atoms with E-state index in [0.717, 1.165) is 16.5 Å². The Morgan fingerprint density at radius 3 is 2.62 bits per heavy atom. The van der Waals surface area contributed by atoms with E-state index in [2.05, 4.69) is 16.0 Å². The highest BCUT2D eigenvalue weighted by Gasteiger charge is 2.35. The average Bonchev–Trinajstić information content (AvgIpc) is 2.94. The molecule has 6 bridgehead atoms. The fraction of sp³-hybridized carbons (Fsp3) is 0.194. The number of benzene rings is 3. The van der Waals surface area contributed by atoms with Crippen LogP contribution in [0.3, 0.4) is 0 Å². The second-order valence-corrected chi connectivity index (χ2v) is 8.54. The first-order chi connectivity index (χ1) is 17.9. The van der Waals surface area contributed by atoms with Gasteiger partial charge >= 0.3 is 0 Å². The summed E-state index contributed by atoms with van der Waals surface area (Å²) in [5.74, 6) is 0.615. The molecular formula is C31H29N3O3. The standard InChI is InChI=1S/C29H23N3O3.C2H6/c1-3-31-16-18(2)29(34)22-8-7-20(15-30)21(11-22)17-35-24-6-4-5-19(12-24)25-14-28(33)32-27-10-9-23(29)13-26(25)27;1-2/h3-14,16,34H,17H2,1-2H3,(H,32,33);1-2H3/b18-16+,31-3?;. The molecule has 5 rings (SSSR count). The summed E-state index contributed by atoms with van der Waals surface area (Å²) in [6.45, 7) is 7.77. The molecule has 0 saturated heterocycles. The third-order valence-electron chi connectivity index (χ3n) is 6.43. The highest BCUT2D eigenvalue weighted by atomic mass is 16.5. The van der Waals surface area contributed by atoms with Gasteiger partial charge in [-0.1, -0.05) is 38.1 Å². The molecule has 6 nitrogen and oxygen atoms in total. The zero-order chi connectivity index (χ0) is 26.6. The molecule has 2 N–H and O–H groups in total. The summed E-state index contributed by atoms with van der Waals surface area (Å²) >= 11 is 0. The number of aliphatic hydroxyl groups is 1. The van der Waals surface area contributed by atoms with E-state index in [9.17, 15) is 15.2 Å². The fourth-order valence-electron chi connectivity index (χ4n) is 4.58. The van der Waals surface area contributed by atoms with Gasteiger partial charge in [-0.3, -0.25) is 9.79 Å². The highest BCUT2D eigenvalue weighted by Crippen LogP contribution is 2.40. The summed E-state index contributed by atoms with van der Waals surface area (Å²) in [5.41, 5.74) is 3.39. The van der Waals surface area contributed by atoms with E-state index >= 15 is 0 Å². The van der Waals surface area contributed by atoms with Crippen LogP contribution in [-0.2, 0) is 12.2 Å². The number of hydrogen-bond donors (Lipinski definition) is 2. The Hall–Kier alpha value is -4.47. The molecule has 1 unspecified atom stereocenters. The lowest BCUT2D eigenvalue weighted by molar-refractivity contribution is 0.120. The van der Waals surface area contributed by atoms with Gasteiger partial charge in [0, 0.05) is 34.9 Å². The number of aromatic amines is 1. The molecule has 0 saturated carbocycles. The molecule has 1 aliphatic heterocycles. The van der Waals surface area contributed by atoms with Crippen LogP contribution in [0, 0.1) is 11.3 Å². The number of pyridine rings is 1. The van der Waals surface area contributed by atoms with Crippen molar-refractivity contribution in [3.05, 3.63) is 111 Å². The summed E-state index contributed by atoms with van der Waals surface area (Å²) in [6.07, 6.45) is 3.29. The summed E-state index contributed by atoms with van der Waals surface area (Å²) < 4.78 is 6.06. The Kier molecular flexibility index (Phi) is 7.37. The monoisotopic (exact) mass is 491 g/mol. The zero-order valence-corrected chi connectivity index (χ0v) is 21.4. The molecule has 0 aliphatic carbocycles. The third kappa shape index (κ3) is 4.69. The summed E-state index contributed by atoms with van der Waals surface area (Å²) in [6, 6.07) is 22.1. The maximum atomic E-state index is 12.5. The molecule has 186 valence electrons. The molecular weight excluding hydrogens is 462 g/mol. The van der Waals surface area contributed by atoms with Gasteiger partial charge in [-0.2, -0.15) is 5.26 Å². The number of nitriles is 1. The lowest BCUT2D eigenvalue weighted by Gasteiger charge is -2.31. The number of aromatic nitrogens is 1. The van der Waals surface area contributed by atoms with Gasteiger partial charge in [0.05, 0.1) is 11.6 Å². The quantitative estimate of drug-likeness (QED) is 0.325. The van der Waals surface area contributed by atoms with Crippen molar-refractivity contribution < 1.29 is 9.84 Å². The molecule has 0 radical (unpaired) electrons. The fourth-order valence-corrected chi connectivity index (χ4v) is 4.58. The smallest absolute Gasteiger partial charge is 0.249 e. The van der Waals surface area contributed by atoms with Gasteiger partial charge < -0.3 is 14.8 Å². The topological polar surface area (TPSA) is 98.5 Å². The number of fused-ring (bicyclic) bond motifs is 6. The molecule has 2 heterocycles. The van der Waals surface area contributed by atoms with Gasteiger partial charge in [-0.05, 0) is 78.1 Å². The SMILES string of the molecule is CC.CC=N/C=C(\C)C1(O)c2ccc(C#N)c(c2)COc2cccc(c2)-c2cc(=O)[nH]c3ccc1cc23. The van der Waals surface area contributed by atoms with Gasteiger partial charge in [-0.15, -0.1) is 0 Å². The average molecular weight is 492 g/mol. The molecule has 37 heavy (non-hydrogen) atoms. The van der Waals surface area contributed by atoms with Crippen molar-refractivity contribution >= 4 is 17.1 Å². The maximum absolute atomic E-state index is 12.5. The minimum Gasteiger partial charge on any atom is -0.489 e. The summed E-state index contributed by atoms with van der Waals surface area (Å²) in [5, 5.41) is 22.8. The van der Waals surface area contributed by atoms with Gasteiger partial charge in [-0.25, -0.2) is 0 Å². The number of aliphatic imine (C=N–C) groups is 1. The highest BCUT2D eigenvalue weighted by molar-refractivity contribution is 5.95. The van der Waals surface area contributed by atoms with E-state index in [0.29, 0.717) is 39.1 Å². The predicted molar refractivity (Wildman–Crippen MR) is 148 cm³/mol. The number of hydrogen-bond acceptors (Lipinski definition) is 5. The molecule has 0 spiro atoms. The van der Waals surface area contributed by atoms with E-state index in [-0.39, 0.29) is 12.2 Å². The van der Waals surface area contributed by atoms with Crippen molar-refractivity contribution in [2.24, 2.45) is 4.99 Å². The molecule has 3 aromatic carbocycles. The van der Waals surface area contributed by atoms with Gasteiger partial charge in [0.25, 0.3) is 0 Å². The lowest BCUT2D eigenvalue weighted by atomic mass is 9.79. The van der Waals surface area contributed by atoms with Crippen molar-refractivity contribution in [2.45, 2.75) is 39.9 Å². The van der Waals surface area contributed by atoms with E-state index in [4.69, 9.17) is 4.74 Å². The van der Waals surface area contributed by atoms with Crippen LogP contribution in [0.15, 0.2) is 88.3 Å². The molecule has 0 fully saturated rings. The Bertz CT molecular complexity index is 1630. The zero-order valence-electron chi connectivity index (χ0n) is 21.4. The van der Waals surface area contributed by atoms with Crippen molar-refractivity contribution in [1.29, 1.82) is 5.26 Å². The first-order valence-electron chi connectivity index (χ1n) is 12.3. The third-order valence-corrected chi connectivity index (χ3v) is 6.43. The minimum absolute atomic E-state index is 0.147. The summed E-state index contributed by atoms with van der Waals surface area (Å²) in [4.78, 5) is 19.6. The molecule has 0 amide bonds. The van der Waals surface area contributed by atoms with Crippen LogP contribution in [0.2, 0.25) is 0 Å². The first-order valence-corrected chi connectivity index (χ1v) is 12.3. The van der Waals surface area contributed by atoms with Crippen molar-refractivity contribution in [2.75, 3.05) is 0 Å². The first kappa shape index (κ1) is 25.6. The number of nitrogens with one attached hydrogen (secondary N) is 1. The van der Waals surface area contributed by atoms with Crippen LogP contribution >= 0.6 is 0 Å². The van der Waals surface area contributed by atoms with Crippen molar-refractivity contribution in [1.82, 2.24) is 4.98 Å². The normalized spacial score (nSPS) is 16.6. The van der Waals surface area contributed by atoms with Crippen LogP contribution in [0.1, 0.15) is 49.9 Å². The lowest BCUT2D eigenvalue weighted by Crippen LogP contribution is -2.29. The predicted octanol–water partition coefficient (Wildman–Crippen LogP) is 6.22. The van der Waals surface area contributed by atoms with E-state index in [1.165, 1.54) is 0 Å². The molecule has 6 heteroatoms. The van der Waals surface area contributed by atoms with Gasteiger partial charge in [0.15, 0.2) is 0 Å². The van der Waals surface area contributed by atoms with Crippen LogP contribution < -0.4 is 10.3 Å².